The van der Waals surface area contributed by atoms with Crippen LogP contribution in [0.1, 0.15) is 44.5 Å². The molecule has 0 fully saturated rings. The highest BCUT2D eigenvalue weighted by atomic mass is 16.3. The van der Waals surface area contributed by atoms with Gasteiger partial charge in [0.25, 0.3) is 0 Å². The highest BCUT2D eigenvalue weighted by molar-refractivity contribution is 5.91. The first-order valence-electron chi connectivity index (χ1n) is 10.8. The van der Waals surface area contributed by atoms with E-state index >= 15 is 0 Å². The molecule has 0 aromatic heterocycles. The molecule has 0 aliphatic heterocycles. The highest BCUT2D eigenvalue weighted by Crippen LogP contribution is 2.54. The van der Waals surface area contributed by atoms with Crippen LogP contribution in [0, 0.1) is 20.8 Å². The third kappa shape index (κ3) is 2.92. The summed E-state index contributed by atoms with van der Waals surface area (Å²) < 4.78 is 0. The molecule has 1 aliphatic carbocycles. The van der Waals surface area contributed by atoms with Gasteiger partial charge in [0.1, 0.15) is 5.75 Å². The van der Waals surface area contributed by atoms with E-state index in [0.29, 0.717) is 5.75 Å². The quantitative estimate of drug-likeness (QED) is 0.387. The number of hydrogen-bond acceptors (Lipinski definition) is 1. The van der Waals surface area contributed by atoms with Crippen molar-refractivity contribution in [2.45, 2.75) is 26.2 Å². The number of phenols is 1. The second-order valence-electron chi connectivity index (χ2n) is 8.55. The lowest BCUT2D eigenvalue weighted by molar-refractivity contribution is 0.465. The molecular weight excluding hydrogens is 376 g/mol. The summed E-state index contributed by atoms with van der Waals surface area (Å²) >= 11 is 0. The van der Waals surface area contributed by atoms with Crippen LogP contribution in [0.25, 0.3) is 5.57 Å². The zero-order chi connectivity index (χ0) is 21.6. The molecule has 1 nitrogen and oxygen atoms in total. The van der Waals surface area contributed by atoms with Crippen molar-refractivity contribution in [1.82, 2.24) is 0 Å². The molecular formula is C30H26O. The van der Waals surface area contributed by atoms with E-state index in [1.807, 2.05) is 6.92 Å². The first-order valence-corrected chi connectivity index (χ1v) is 10.8. The van der Waals surface area contributed by atoms with Crippen molar-refractivity contribution in [3.8, 4) is 5.75 Å². The van der Waals surface area contributed by atoms with Crippen molar-refractivity contribution >= 4 is 5.57 Å². The van der Waals surface area contributed by atoms with Crippen molar-refractivity contribution in [2.75, 3.05) is 0 Å². The lowest BCUT2D eigenvalue weighted by Gasteiger charge is -2.32. The number of aromatic hydroxyl groups is 1. The fraction of sp³-hybridized carbons (Fsp3) is 0.133. The number of aryl methyl sites for hydroxylation is 2. The third-order valence-corrected chi connectivity index (χ3v) is 6.60. The average molecular weight is 403 g/mol. The molecule has 31 heavy (non-hydrogen) atoms. The monoisotopic (exact) mass is 402 g/mol. The summed E-state index contributed by atoms with van der Waals surface area (Å²) in [5.41, 5.74) is 9.82. The zero-order valence-corrected chi connectivity index (χ0v) is 18.2. The Morgan fingerprint density at radius 2 is 1.26 bits per heavy atom. The van der Waals surface area contributed by atoms with E-state index < -0.39 is 5.41 Å². The number of allylic oxidation sites excluding steroid dienone is 1. The second-order valence-corrected chi connectivity index (χ2v) is 8.55. The third-order valence-electron chi connectivity index (χ3n) is 6.60. The van der Waals surface area contributed by atoms with Crippen LogP contribution < -0.4 is 0 Å². The molecule has 0 saturated carbocycles. The van der Waals surface area contributed by atoms with Gasteiger partial charge in [0.2, 0.25) is 0 Å². The molecule has 4 aromatic rings. The van der Waals surface area contributed by atoms with E-state index in [1.165, 1.54) is 39.0 Å². The Balaban J connectivity index is 1.94. The smallest absolute Gasteiger partial charge is 0.121 e. The Bertz CT molecular complexity index is 1280. The Morgan fingerprint density at radius 3 is 1.90 bits per heavy atom. The number of benzene rings is 4. The first kappa shape index (κ1) is 19.4. The van der Waals surface area contributed by atoms with Gasteiger partial charge < -0.3 is 5.11 Å². The maximum Gasteiger partial charge on any atom is 0.121 e. The largest absolute Gasteiger partial charge is 0.507 e. The van der Waals surface area contributed by atoms with Gasteiger partial charge in [-0.3, -0.25) is 0 Å². The SMILES string of the molecule is Cc1ccc(C2(c3ccccc3)C=C(c3ccccc3)c3cc(C)c(O)c(C)c32)cc1. The van der Waals surface area contributed by atoms with Crippen molar-refractivity contribution in [1.29, 1.82) is 0 Å². The molecule has 1 aliphatic rings. The zero-order valence-electron chi connectivity index (χ0n) is 18.2. The van der Waals surface area contributed by atoms with Gasteiger partial charge in [-0.05, 0) is 71.4 Å². The van der Waals surface area contributed by atoms with Gasteiger partial charge in [-0.15, -0.1) is 0 Å². The summed E-state index contributed by atoms with van der Waals surface area (Å²) in [4.78, 5) is 0. The minimum atomic E-state index is -0.468. The van der Waals surface area contributed by atoms with Crippen molar-refractivity contribution in [3.05, 3.63) is 142 Å². The molecule has 1 unspecified atom stereocenters. The van der Waals surface area contributed by atoms with Gasteiger partial charge in [0.15, 0.2) is 0 Å². The van der Waals surface area contributed by atoms with Crippen LogP contribution in [0.3, 0.4) is 0 Å². The summed E-state index contributed by atoms with van der Waals surface area (Å²) in [7, 11) is 0. The first-order chi connectivity index (χ1) is 15.0. The molecule has 1 heteroatoms. The van der Waals surface area contributed by atoms with Crippen LogP contribution in [0.15, 0.2) is 97.1 Å². The van der Waals surface area contributed by atoms with Gasteiger partial charge in [-0.1, -0.05) is 96.6 Å². The van der Waals surface area contributed by atoms with E-state index in [1.54, 1.807) is 0 Å². The van der Waals surface area contributed by atoms with Gasteiger partial charge in [0.05, 0.1) is 5.41 Å². The van der Waals surface area contributed by atoms with Crippen LogP contribution >= 0.6 is 0 Å². The summed E-state index contributed by atoms with van der Waals surface area (Å²) in [6, 6.07) is 32.2. The minimum absolute atomic E-state index is 0.383. The maximum absolute atomic E-state index is 11.0. The number of hydrogen-bond donors (Lipinski definition) is 1. The molecule has 0 heterocycles. The maximum atomic E-state index is 11.0. The van der Waals surface area contributed by atoms with Crippen molar-refractivity contribution in [2.24, 2.45) is 0 Å². The van der Waals surface area contributed by atoms with E-state index in [4.69, 9.17) is 0 Å². The summed E-state index contributed by atoms with van der Waals surface area (Å²) in [5.74, 6) is 0.383. The van der Waals surface area contributed by atoms with Crippen LogP contribution in [-0.2, 0) is 5.41 Å². The predicted octanol–water partition coefficient (Wildman–Crippen LogP) is 7.10. The Hall–Kier alpha value is -3.58. The second kappa shape index (κ2) is 7.28. The molecule has 0 radical (unpaired) electrons. The number of phenolic OH excluding ortho intramolecular Hbond substituents is 1. The molecule has 0 amide bonds. The topological polar surface area (TPSA) is 20.2 Å². The van der Waals surface area contributed by atoms with Gasteiger partial charge in [-0.2, -0.15) is 0 Å². The molecule has 5 rings (SSSR count). The van der Waals surface area contributed by atoms with Crippen LogP contribution in [-0.4, -0.2) is 5.11 Å². The fourth-order valence-electron chi connectivity index (χ4n) is 5.06. The Kier molecular flexibility index (Phi) is 4.55. The minimum Gasteiger partial charge on any atom is -0.507 e. The van der Waals surface area contributed by atoms with Crippen LogP contribution in [0.4, 0.5) is 0 Å². The molecule has 0 spiro atoms. The lowest BCUT2D eigenvalue weighted by Crippen LogP contribution is -2.26. The van der Waals surface area contributed by atoms with Crippen LogP contribution in [0.2, 0.25) is 0 Å². The number of fused-ring (bicyclic) bond motifs is 1. The molecule has 4 aromatic carbocycles. The molecule has 1 atom stereocenters. The lowest BCUT2D eigenvalue weighted by atomic mass is 9.69. The summed E-state index contributed by atoms with van der Waals surface area (Å²) in [6.07, 6.45) is 2.40. The molecule has 0 saturated heterocycles. The van der Waals surface area contributed by atoms with Gasteiger partial charge in [-0.25, -0.2) is 0 Å². The van der Waals surface area contributed by atoms with E-state index in [9.17, 15) is 5.11 Å². The molecule has 0 bridgehead atoms. The van der Waals surface area contributed by atoms with E-state index in [2.05, 4.69) is 111 Å². The Morgan fingerprint density at radius 1 is 0.677 bits per heavy atom. The van der Waals surface area contributed by atoms with E-state index in [0.717, 1.165) is 11.1 Å². The Labute approximate surface area is 184 Å². The standard InChI is InChI=1S/C30H26O/c1-20-14-16-25(17-15-20)30(24-12-8-5-9-13-24)19-27(23-10-6-4-7-11-23)26-18-21(2)29(31)22(3)28(26)30/h4-19,31H,1-3H3. The number of rotatable bonds is 3. The predicted molar refractivity (Wildman–Crippen MR) is 129 cm³/mol. The average Bonchev–Trinajstić information content (AvgIpc) is 3.15. The summed E-state index contributed by atoms with van der Waals surface area (Å²) in [5, 5.41) is 11.0. The van der Waals surface area contributed by atoms with Crippen LogP contribution in [0.5, 0.6) is 5.75 Å². The molecule has 1 N–H and O–H groups in total. The fourth-order valence-corrected chi connectivity index (χ4v) is 5.06. The highest BCUT2D eigenvalue weighted by Gasteiger charge is 2.43. The normalized spacial score (nSPS) is 17.3. The molecule has 152 valence electrons. The van der Waals surface area contributed by atoms with Crippen molar-refractivity contribution < 1.29 is 5.11 Å². The van der Waals surface area contributed by atoms with Gasteiger partial charge in [0, 0.05) is 0 Å². The van der Waals surface area contributed by atoms with Gasteiger partial charge >= 0.3 is 0 Å². The summed E-state index contributed by atoms with van der Waals surface area (Å²) in [6.45, 7) is 6.15. The van der Waals surface area contributed by atoms with E-state index in [-0.39, 0.29) is 0 Å². The van der Waals surface area contributed by atoms with Crippen molar-refractivity contribution in [3.63, 3.8) is 0 Å².